The van der Waals surface area contributed by atoms with E-state index in [-0.39, 0.29) is 36.1 Å². The molecule has 2 aliphatic rings. The molecule has 3 N–H and O–H groups in total. The van der Waals surface area contributed by atoms with Gasteiger partial charge in [0.1, 0.15) is 0 Å². The van der Waals surface area contributed by atoms with E-state index in [4.69, 9.17) is 5.73 Å². The Bertz CT molecular complexity index is 613. The lowest BCUT2D eigenvalue weighted by Crippen LogP contribution is -2.55. The van der Waals surface area contributed by atoms with Crippen LogP contribution in [0.3, 0.4) is 0 Å². The maximum atomic E-state index is 12.9. The van der Waals surface area contributed by atoms with E-state index >= 15 is 0 Å². The predicted octanol–water partition coefficient (Wildman–Crippen LogP) is 3.19. The summed E-state index contributed by atoms with van der Waals surface area (Å²) in [5.74, 6) is 0.141. The molecule has 3 rings (SSSR count). The SMILES string of the molecule is CC1(N)CCCCC1C(=O)N1CCC(C(=O)Nc2ccccc2)CC1.Cl. The van der Waals surface area contributed by atoms with Gasteiger partial charge in [-0.05, 0) is 44.7 Å². The molecule has 1 aromatic rings. The summed E-state index contributed by atoms with van der Waals surface area (Å²) < 4.78 is 0. The quantitative estimate of drug-likeness (QED) is 0.846. The van der Waals surface area contributed by atoms with Crippen molar-refractivity contribution >= 4 is 29.9 Å². The Morgan fingerprint density at radius 2 is 1.77 bits per heavy atom. The number of amides is 2. The summed E-state index contributed by atoms with van der Waals surface area (Å²) in [6, 6.07) is 9.52. The average Bonchev–Trinajstić information content (AvgIpc) is 2.62. The van der Waals surface area contributed by atoms with Crippen LogP contribution in [-0.4, -0.2) is 35.3 Å². The Hall–Kier alpha value is -1.59. The highest BCUT2D eigenvalue weighted by Gasteiger charge is 2.40. The lowest BCUT2D eigenvalue weighted by molar-refractivity contribution is -0.141. The first-order valence-corrected chi connectivity index (χ1v) is 9.41. The lowest BCUT2D eigenvalue weighted by atomic mass is 9.73. The van der Waals surface area contributed by atoms with Gasteiger partial charge < -0.3 is 16.0 Å². The van der Waals surface area contributed by atoms with Gasteiger partial charge in [0.2, 0.25) is 11.8 Å². The number of hydrogen-bond acceptors (Lipinski definition) is 3. The van der Waals surface area contributed by atoms with Crippen molar-refractivity contribution in [2.24, 2.45) is 17.6 Å². The van der Waals surface area contributed by atoms with E-state index in [0.717, 1.165) is 44.2 Å². The van der Waals surface area contributed by atoms with Crippen molar-refractivity contribution < 1.29 is 9.59 Å². The number of nitrogens with one attached hydrogen (secondary N) is 1. The van der Waals surface area contributed by atoms with Crippen LogP contribution in [0.15, 0.2) is 30.3 Å². The lowest BCUT2D eigenvalue weighted by Gasteiger charge is -2.41. The van der Waals surface area contributed by atoms with E-state index in [1.165, 1.54) is 0 Å². The first kappa shape index (κ1) is 20.7. The van der Waals surface area contributed by atoms with E-state index < -0.39 is 5.54 Å². The van der Waals surface area contributed by atoms with Crippen LogP contribution in [0.25, 0.3) is 0 Å². The zero-order valence-electron chi connectivity index (χ0n) is 15.4. The van der Waals surface area contributed by atoms with Gasteiger partial charge in [-0.15, -0.1) is 12.4 Å². The first-order valence-electron chi connectivity index (χ1n) is 9.41. The van der Waals surface area contributed by atoms with Crippen molar-refractivity contribution in [1.82, 2.24) is 4.90 Å². The molecule has 1 heterocycles. The number of piperidine rings is 1. The molecule has 5 nitrogen and oxygen atoms in total. The van der Waals surface area contributed by atoms with Crippen molar-refractivity contribution in [2.75, 3.05) is 18.4 Å². The van der Waals surface area contributed by atoms with E-state index in [1.807, 2.05) is 42.2 Å². The fraction of sp³-hybridized carbons (Fsp3) is 0.600. The van der Waals surface area contributed by atoms with Crippen LogP contribution in [-0.2, 0) is 9.59 Å². The van der Waals surface area contributed by atoms with Crippen LogP contribution in [0.1, 0.15) is 45.4 Å². The molecular weight excluding hydrogens is 350 g/mol. The highest BCUT2D eigenvalue weighted by Crippen LogP contribution is 2.34. The maximum Gasteiger partial charge on any atom is 0.227 e. The van der Waals surface area contributed by atoms with Gasteiger partial charge >= 0.3 is 0 Å². The number of carbonyl (C=O) groups excluding carboxylic acids is 2. The largest absolute Gasteiger partial charge is 0.342 e. The predicted molar refractivity (Wildman–Crippen MR) is 106 cm³/mol. The summed E-state index contributed by atoms with van der Waals surface area (Å²) >= 11 is 0. The summed E-state index contributed by atoms with van der Waals surface area (Å²) in [5, 5.41) is 2.97. The third-order valence-corrected chi connectivity index (χ3v) is 5.77. The van der Waals surface area contributed by atoms with Crippen LogP contribution in [0.2, 0.25) is 0 Å². The van der Waals surface area contributed by atoms with Gasteiger partial charge in [0, 0.05) is 30.2 Å². The number of nitrogens with zero attached hydrogens (tertiary/aromatic N) is 1. The molecule has 2 fully saturated rings. The minimum absolute atomic E-state index is 0. The van der Waals surface area contributed by atoms with Crippen LogP contribution in [0, 0.1) is 11.8 Å². The second-order valence-corrected chi connectivity index (χ2v) is 7.76. The van der Waals surface area contributed by atoms with Crippen LogP contribution in [0.4, 0.5) is 5.69 Å². The zero-order valence-corrected chi connectivity index (χ0v) is 16.3. The van der Waals surface area contributed by atoms with Crippen molar-refractivity contribution in [3.8, 4) is 0 Å². The minimum Gasteiger partial charge on any atom is -0.342 e. The van der Waals surface area contributed by atoms with Crippen molar-refractivity contribution in [3.63, 3.8) is 0 Å². The van der Waals surface area contributed by atoms with E-state index in [2.05, 4.69) is 5.32 Å². The highest BCUT2D eigenvalue weighted by atomic mass is 35.5. The molecule has 6 heteroatoms. The van der Waals surface area contributed by atoms with Gasteiger partial charge in [-0.25, -0.2) is 0 Å². The third kappa shape index (κ3) is 4.77. The molecule has 1 saturated heterocycles. The average molecular weight is 380 g/mol. The minimum atomic E-state index is -0.392. The van der Waals surface area contributed by atoms with Gasteiger partial charge in [-0.2, -0.15) is 0 Å². The molecule has 144 valence electrons. The fourth-order valence-electron chi connectivity index (χ4n) is 4.11. The van der Waals surface area contributed by atoms with Crippen molar-refractivity contribution in [3.05, 3.63) is 30.3 Å². The smallest absolute Gasteiger partial charge is 0.227 e. The number of para-hydroxylation sites is 1. The Morgan fingerprint density at radius 3 is 2.38 bits per heavy atom. The molecular formula is C20H30ClN3O2. The number of likely N-dealkylation sites (tertiary alicyclic amines) is 1. The zero-order chi connectivity index (χ0) is 17.9. The molecule has 0 bridgehead atoms. The Morgan fingerprint density at radius 1 is 1.12 bits per heavy atom. The molecule has 0 radical (unpaired) electrons. The van der Waals surface area contributed by atoms with Crippen LogP contribution in [0.5, 0.6) is 0 Å². The molecule has 1 aliphatic carbocycles. The Kier molecular flexibility index (Phi) is 7.07. The molecule has 1 saturated carbocycles. The molecule has 2 unspecified atom stereocenters. The molecule has 1 aliphatic heterocycles. The maximum absolute atomic E-state index is 12.9. The van der Waals surface area contributed by atoms with Crippen LogP contribution >= 0.6 is 12.4 Å². The number of nitrogens with two attached hydrogens (primary N) is 1. The standard InChI is InChI=1S/C20H29N3O2.ClH/c1-20(21)12-6-5-9-17(20)19(25)23-13-10-15(11-14-23)18(24)22-16-7-3-2-4-8-16;/h2-4,7-8,15,17H,5-6,9-14,21H2,1H3,(H,22,24);1H. The molecule has 2 amide bonds. The van der Waals surface area contributed by atoms with Crippen LogP contribution < -0.4 is 11.1 Å². The van der Waals surface area contributed by atoms with Gasteiger partial charge in [-0.1, -0.05) is 31.0 Å². The van der Waals surface area contributed by atoms with E-state index in [1.54, 1.807) is 0 Å². The fourth-order valence-corrected chi connectivity index (χ4v) is 4.11. The molecule has 26 heavy (non-hydrogen) atoms. The Balaban J connectivity index is 0.00000243. The van der Waals surface area contributed by atoms with Gasteiger partial charge in [0.15, 0.2) is 0 Å². The highest BCUT2D eigenvalue weighted by molar-refractivity contribution is 5.92. The summed E-state index contributed by atoms with van der Waals surface area (Å²) in [6.45, 7) is 3.31. The second kappa shape index (κ2) is 8.87. The normalized spacial score (nSPS) is 26.7. The van der Waals surface area contributed by atoms with Crippen molar-refractivity contribution in [1.29, 1.82) is 0 Å². The first-order chi connectivity index (χ1) is 12.0. The van der Waals surface area contributed by atoms with Gasteiger partial charge in [-0.3, -0.25) is 9.59 Å². The van der Waals surface area contributed by atoms with E-state index in [9.17, 15) is 9.59 Å². The van der Waals surface area contributed by atoms with Gasteiger partial charge in [0.25, 0.3) is 0 Å². The number of hydrogen-bond donors (Lipinski definition) is 2. The molecule has 0 aromatic heterocycles. The third-order valence-electron chi connectivity index (χ3n) is 5.77. The topological polar surface area (TPSA) is 75.4 Å². The number of halogens is 1. The summed E-state index contributed by atoms with van der Waals surface area (Å²) in [5.41, 5.74) is 6.81. The Labute approximate surface area is 162 Å². The summed E-state index contributed by atoms with van der Waals surface area (Å²) in [6.07, 6.45) is 5.44. The van der Waals surface area contributed by atoms with E-state index in [0.29, 0.717) is 13.1 Å². The number of benzene rings is 1. The van der Waals surface area contributed by atoms with Gasteiger partial charge in [0.05, 0.1) is 5.92 Å². The number of carbonyl (C=O) groups is 2. The molecule has 1 aromatic carbocycles. The second-order valence-electron chi connectivity index (χ2n) is 7.76. The molecule has 0 spiro atoms. The molecule has 2 atom stereocenters. The van der Waals surface area contributed by atoms with Crippen molar-refractivity contribution in [2.45, 2.75) is 51.0 Å². The monoisotopic (exact) mass is 379 g/mol. The number of anilines is 1. The summed E-state index contributed by atoms with van der Waals surface area (Å²) in [7, 11) is 0. The summed E-state index contributed by atoms with van der Waals surface area (Å²) in [4.78, 5) is 27.2. The number of rotatable bonds is 3.